The van der Waals surface area contributed by atoms with E-state index < -0.39 is 0 Å². The van der Waals surface area contributed by atoms with E-state index in [1.54, 1.807) is 36.3 Å². The van der Waals surface area contributed by atoms with E-state index in [1.165, 1.54) is 0 Å². The predicted molar refractivity (Wildman–Crippen MR) is 77.4 cm³/mol. The smallest absolute Gasteiger partial charge is 0.254 e. The second kappa shape index (κ2) is 7.75. The van der Waals surface area contributed by atoms with E-state index in [1.807, 2.05) is 0 Å². The molecule has 0 saturated carbocycles. The van der Waals surface area contributed by atoms with Gasteiger partial charge in [0.25, 0.3) is 11.8 Å². The summed E-state index contributed by atoms with van der Waals surface area (Å²) >= 11 is 0. The number of morpholine rings is 1. The number of benzene rings is 1. The molecule has 0 unspecified atom stereocenters. The first-order valence-electron chi connectivity index (χ1n) is 6.96. The number of ether oxygens (including phenoxy) is 2. The number of methoxy groups -OCH3 is 1. The van der Waals surface area contributed by atoms with Crippen LogP contribution in [-0.4, -0.2) is 63.3 Å². The summed E-state index contributed by atoms with van der Waals surface area (Å²) in [4.78, 5) is 25.8. The van der Waals surface area contributed by atoms with Crippen molar-refractivity contribution in [3.8, 4) is 0 Å². The average Bonchev–Trinajstić information content (AvgIpc) is 2.55. The molecule has 6 nitrogen and oxygen atoms in total. The Balaban J connectivity index is 1.94. The number of hydrogen-bond donors (Lipinski definition) is 1. The van der Waals surface area contributed by atoms with Crippen LogP contribution in [0, 0.1) is 0 Å². The van der Waals surface area contributed by atoms with Crippen molar-refractivity contribution in [3.63, 3.8) is 0 Å². The third-order valence-electron chi connectivity index (χ3n) is 3.28. The maximum absolute atomic E-state index is 12.2. The summed E-state index contributed by atoms with van der Waals surface area (Å²) in [5.74, 6) is -0.193. The fourth-order valence-electron chi connectivity index (χ4n) is 2.08. The van der Waals surface area contributed by atoms with Gasteiger partial charge >= 0.3 is 0 Å². The van der Waals surface area contributed by atoms with Crippen molar-refractivity contribution in [2.75, 3.05) is 46.6 Å². The molecular formula is C15H20N2O4. The molecule has 1 fully saturated rings. The zero-order chi connectivity index (χ0) is 15.1. The molecule has 0 aliphatic carbocycles. The Kier molecular flexibility index (Phi) is 5.71. The molecule has 1 aromatic rings. The third kappa shape index (κ3) is 4.27. The van der Waals surface area contributed by atoms with Crippen LogP contribution in [0.5, 0.6) is 0 Å². The van der Waals surface area contributed by atoms with Gasteiger partial charge in [0.15, 0.2) is 0 Å². The Morgan fingerprint density at radius 3 is 2.43 bits per heavy atom. The summed E-state index contributed by atoms with van der Waals surface area (Å²) in [7, 11) is 1.58. The fraction of sp³-hybridized carbons (Fsp3) is 0.467. The third-order valence-corrected chi connectivity index (χ3v) is 3.28. The minimum absolute atomic E-state index is 0.0235. The van der Waals surface area contributed by atoms with Gasteiger partial charge in [-0.1, -0.05) is 0 Å². The molecule has 1 aliphatic rings. The van der Waals surface area contributed by atoms with Crippen molar-refractivity contribution in [3.05, 3.63) is 35.4 Å². The quantitative estimate of drug-likeness (QED) is 0.804. The zero-order valence-electron chi connectivity index (χ0n) is 12.1. The van der Waals surface area contributed by atoms with E-state index in [0.29, 0.717) is 50.6 Å². The summed E-state index contributed by atoms with van der Waals surface area (Å²) in [6, 6.07) is 6.69. The second-order valence-corrected chi connectivity index (χ2v) is 4.73. The molecule has 0 aromatic heterocycles. The van der Waals surface area contributed by atoms with Gasteiger partial charge in [0, 0.05) is 37.9 Å². The Morgan fingerprint density at radius 2 is 1.81 bits per heavy atom. The van der Waals surface area contributed by atoms with Crippen LogP contribution < -0.4 is 5.32 Å². The number of rotatable bonds is 5. The first-order chi connectivity index (χ1) is 10.2. The van der Waals surface area contributed by atoms with Crippen LogP contribution >= 0.6 is 0 Å². The standard InChI is InChI=1S/C15H20N2O4/c1-20-9-6-16-14(18)12-2-4-13(5-3-12)15(19)17-7-10-21-11-8-17/h2-5H,6-11H2,1H3,(H,16,18). The van der Waals surface area contributed by atoms with Crippen molar-refractivity contribution in [1.29, 1.82) is 0 Å². The first-order valence-corrected chi connectivity index (χ1v) is 6.96. The first kappa shape index (κ1) is 15.5. The Bertz CT molecular complexity index is 481. The van der Waals surface area contributed by atoms with Gasteiger partial charge < -0.3 is 19.7 Å². The van der Waals surface area contributed by atoms with E-state index in [9.17, 15) is 9.59 Å². The zero-order valence-corrected chi connectivity index (χ0v) is 12.1. The van der Waals surface area contributed by atoms with Crippen molar-refractivity contribution >= 4 is 11.8 Å². The molecule has 21 heavy (non-hydrogen) atoms. The van der Waals surface area contributed by atoms with Gasteiger partial charge in [-0.2, -0.15) is 0 Å². The van der Waals surface area contributed by atoms with Crippen LogP contribution in [0.4, 0.5) is 0 Å². The lowest BCUT2D eigenvalue weighted by molar-refractivity contribution is 0.0303. The molecule has 114 valence electrons. The summed E-state index contributed by atoms with van der Waals surface area (Å²) in [6.07, 6.45) is 0. The van der Waals surface area contributed by atoms with Gasteiger partial charge in [-0.15, -0.1) is 0 Å². The molecule has 2 amide bonds. The molecule has 1 N–H and O–H groups in total. The highest BCUT2D eigenvalue weighted by Gasteiger charge is 2.18. The summed E-state index contributed by atoms with van der Waals surface area (Å²) < 4.78 is 10.1. The molecular weight excluding hydrogens is 272 g/mol. The minimum atomic E-state index is -0.169. The predicted octanol–water partition coefficient (Wildman–Crippen LogP) is 0.535. The number of carbonyl (C=O) groups excluding carboxylic acids is 2. The highest BCUT2D eigenvalue weighted by atomic mass is 16.5. The van der Waals surface area contributed by atoms with Gasteiger partial charge in [-0.3, -0.25) is 9.59 Å². The Hall–Kier alpha value is -1.92. The van der Waals surface area contributed by atoms with E-state index in [2.05, 4.69) is 5.32 Å². The summed E-state index contributed by atoms with van der Waals surface area (Å²) in [5.41, 5.74) is 1.12. The van der Waals surface area contributed by atoms with E-state index >= 15 is 0 Å². The Morgan fingerprint density at radius 1 is 1.19 bits per heavy atom. The van der Waals surface area contributed by atoms with Gasteiger partial charge in [0.1, 0.15) is 0 Å². The maximum Gasteiger partial charge on any atom is 0.254 e. The lowest BCUT2D eigenvalue weighted by atomic mass is 10.1. The molecule has 0 atom stereocenters. The Labute approximate surface area is 124 Å². The van der Waals surface area contributed by atoms with Crippen LogP contribution in [0.25, 0.3) is 0 Å². The minimum Gasteiger partial charge on any atom is -0.383 e. The molecule has 1 aliphatic heterocycles. The topological polar surface area (TPSA) is 67.9 Å². The lowest BCUT2D eigenvalue weighted by Crippen LogP contribution is -2.40. The number of hydrogen-bond acceptors (Lipinski definition) is 4. The van der Waals surface area contributed by atoms with Crippen LogP contribution in [0.15, 0.2) is 24.3 Å². The monoisotopic (exact) mass is 292 g/mol. The van der Waals surface area contributed by atoms with Crippen molar-refractivity contribution in [1.82, 2.24) is 10.2 Å². The SMILES string of the molecule is COCCNC(=O)c1ccc(C(=O)N2CCOCC2)cc1. The average molecular weight is 292 g/mol. The molecule has 1 aromatic carbocycles. The van der Waals surface area contributed by atoms with E-state index in [0.717, 1.165) is 0 Å². The van der Waals surface area contributed by atoms with Crippen molar-refractivity contribution in [2.24, 2.45) is 0 Å². The highest BCUT2D eigenvalue weighted by Crippen LogP contribution is 2.09. The highest BCUT2D eigenvalue weighted by molar-refractivity contribution is 5.97. The normalized spacial score (nSPS) is 14.8. The molecule has 1 saturated heterocycles. The van der Waals surface area contributed by atoms with Gasteiger partial charge in [0.05, 0.1) is 19.8 Å². The molecule has 0 spiro atoms. The number of carbonyl (C=O) groups is 2. The number of amides is 2. The molecule has 6 heteroatoms. The molecule has 1 heterocycles. The van der Waals surface area contributed by atoms with Gasteiger partial charge in [-0.25, -0.2) is 0 Å². The van der Waals surface area contributed by atoms with Crippen molar-refractivity contribution < 1.29 is 19.1 Å². The summed E-state index contributed by atoms with van der Waals surface area (Å²) in [5, 5.41) is 2.74. The number of nitrogens with zero attached hydrogens (tertiary/aromatic N) is 1. The van der Waals surface area contributed by atoms with Gasteiger partial charge in [-0.05, 0) is 24.3 Å². The van der Waals surface area contributed by atoms with E-state index in [-0.39, 0.29) is 11.8 Å². The van der Waals surface area contributed by atoms with Crippen LogP contribution in [-0.2, 0) is 9.47 Å². The van der Waals surface area contributed by atoms with Gasteiger partial charge in [0.2, 0.25) is 0 Å². The molecule has 2 rings (SSSR count). The fourth-order valence-corrected chi connectivity index (χ4v) is 2.08. The van der Waals surface area contributed by atoms with Crippen LogP contribution in [0.1, 0.15) is 20.7 Å². The largest absolute Gasteiger partial charge is 0.383 e. The molecule has 0 bridgehead atoms. The van der Waals surface area contributed by atoms with Crippen molar-refractivity contribution in [2.45, 2.75) is 0 Å². The number of nitrogens with one attached hydrogen (secondary N) is 1. The lowest BCUT2D eigenvalue weighted by Gasteiger charge is -2.26. The van der Waals surface area contributed by atoms with Crippen LogP contribution in [0.2, 0.25) is 0 Å². The maximum atomic E-state index is 12.2. The molecule has 0 radical (unpaired) electrons. The second-order valence-electron chi connectivity index (χ2n) is 4.73. The van der Waals surface area contributed by atoms with E-state index in [4.69, 9.17) is 9.47 Å². The summed E-state index contributed by atoms with van der Waals surface area (Å²) in [6.45, 7) is 3.30. The van der Waals surface area contributed by atoms with Crippen LogP contribution in [0.3, 0.4) is 0 Å².